The van der Waals surface area contributed by atoms with Gasteiger partial charge in [-0.3, -0.25) is 4.90 Å². The van der Waals surface area contributed by atoms with E-state index >= 15 is 8.78 Å². The van der Waals surface area contributed by atoms with Crippen LogP contribution in [-0.4, -0.2) is 67.5 Å². The first-order chi connectivity index (χ1) is 18.1. The van der Waals surface area contributed by atoms with E-state index in [1.54, 1.807) is 0 Å². The van der Waals surface area contributed by atoms with Crippen LogP contribution in [0.25, 0.3) is 11.1 Å². The van der Waals surface area contributed by atoms with Gasteiger partial charge >= 0.3 is 12.4 Å². The molecule has 2 aromatic carbocycles. The average molecular weight is 621 g/mol. The molecule has 40 heavy (non-hydrogen) atoms. The highest BCUT2D eigenvalue weighted by atomic mass is 35.5. The first-order valence-corrected chi connectivity index (χ1v) is 14.2. The van der Waals surface area contributed by atoms with Gasteiger partial charge in [0.25, 0.3) is 5.60 Å². The van der Waals surface area contributed by atoms with Crippen molar-refractivity contribution >= 4 is 21.6 Å². The molecule has 1 N–H and O–H groups in total. The molecule has 0 bridgehead atoms. The van der Waals surface area contributed by atoms with Gasteiger partial charge in [-0.25, -0.2) is 21.5 Å². The normalized spacial score (nSPS) is 18.8. The molecule has 2 saturated heterocycles. The summed E-state index contributed by atoms with van der Waals surface area (Å²) in [7, 11) is -3.31. The summed E-state index contributed by atoms with van der Waals surface area (Å²) >= 11 is 6.03. The van der Waals surface area contributed by atoms with Crippen molar-refractivity contribution in [1.29, 1.82) is 0 Å². The highest BCUT2D eigenvalue weighted by Gasteiger charge is 2.71. The van der Waals surface area contributed by atoms with E-state index in [4.69, 9.17) is 11.6 Å². The van der Waals surface area contributed by atoms with Crippen LogP contribution in [0.5, 0.6) is 0 Å². The Bertz CT molecular complexity index is 1420. The molecular weight excluding hydrogens is 596 g/mol. The quantitative estimate of drug-likeness (QED) is 0.415. The predicted molar refractivity (Wildman–Crippen MR) is 131 cm³/mol. The van der Waals surface area contributed by atoms with Gasteiger partial charge in [-0.05, 0) is 18.1 Å². The lowest BCUT2D eigenvalue weighted by Crippen LogP contribution is -2.72. The molecule has 0 amide bonds. The van der Waals surface area contributed by atoms with E-state index < -0.39 is 61.7 Å². The number of nitrogens with zero attached hydrogens (tertiary/aromatic N) is 2. The molecule has 0 unspecified atom stereocenters. The van der Waals surface area contributed by atoms with Gasteiger partial charge < -0.3 is 5.11 Å². The number of aliphatic hydroxyl groups is 1. The maximum Gasteiger partial charge on any atom is 0.430 e. The number of halogens is 9. The van der Waals surface area contributed by atoms with Crippen molar-refractivity contribution in [2.75, 3.05) is 32.4 Å². The van der Waals surface area contributed by atoms with Gasteiger partial charge in [0.05, 0.1) is 6.26 Å². The molecule has 4 rings (SSSR count). The molecule has 0 radical (unpaired) electrons. The highest BCUT2D eigenvalue weighted by molar-refractivity contribution is 7.88. The van der Waals surface area contributed by atoms with E-state index in [0.717, 1.165) is 12.3 Å². The summed E-state index contributed by atoms with van der Waals surface area (Å²) in [6.45, 7) is 4.67. The standard InChI is InChI=1S/C25H25ClF8N2O3S/c1-13(2)19-20(16-5-4-15(7-17(16)26)23(37,24(29,30)31)25(32,33)34)18(27)6-14(21(19)28)8-35-9-22(10-35)11-36(12-22)40(3,38)39/h4-7,13,37H,8-12H2,1-3H3. The molecule has 5 nitrogen and oxygen atoms in total. The second kappa shape index (κ2) is 9.79. The van der Waals surface area contributed by atoms with Crippen LogP contribution in [0.4, 0.5) is 35.1 Å². The predicted octanol–water partition coefficient (Wildman–Crippen LogP) is 5.80. The van der Waals surface area contributed by atoms with E-state index in [2.05, 4.69) is 0 Å². The van der Waals surface area contributed by atoms with Crippen molar-refractivity contribution in [2.45, 2.75) is 44.3 Å². The molecule has 0 aliphatic carbocycles. The molecule has 222 valence electrons. The molecule has 0 saturated carbocycles. The first kappa shape index (κ1) is 30.9. The molecule has 15 heteroatoms. The van der Waals surface area contributed by atoms with Crippen LogP contribution < -0.4 is 0 Å². The second-order valence-corrected chi connectivity index (χ2v) is 13.2. The van der Waals surface area contributed by atoms with E-state index in [9.17, 15) is 39.9 Å². The summed E-state index contributed by atoms with van der Waals surface area (Å²) in [5.74, 6) is -2.46. The minimum absolute atomic E-state index is 0.000244. The van der Waals surface area contributed by atoms with Gasteiger partial charge in [-0.15, -0.1) is 0 Å². The monoisotopic (exact) mass is 620 g/mol. The zero-order valence-electron chi connectivity index (χ0n) is 21.4. The van der Waals surface area contributed by atoms with Crippen molar-refractivity contribution in [3.63, 3.8) is 0 Å². The van der Waals surface area contributed by atoms with Crippen LogP contribution in [0.15, 0.2) is 24.3 Å². The van der Waals surface area contributed by atoms with Crippen molar-refractivity contribution in [3.05, 3.63) is 57.6 Å². The Morgan fingerprint density at radius 2 is 1.55 bits per heavy atom. The Balaban J connectivity index is 1.66. The zero-order valence-corrected chi connectivity index (χ0v) is 23.0. The van der Waals surface area contributed by atoms with E-state index in [-0.39, 0.29) is 34.7 Å². The van der Waals surface area contributed by atoms with Crippen LogP contribution >= 0.6 is 11.6 Å². The van der Waals surface area contributed by atoms with E-state index in [0.29, 0.717) is 38.3 Å². The highest BCUT2D eigenvalue weighted by Crippen LogP contribution is 2.51. The van der Waals surface area contributed by atoms with Gasteiger partial charge in [0.1, 0.15) is 11.6 Å². The Kier molecular flexibility index (Phi) is 7.57. The van der Waals surface area contributed by atoms with Crippen LogP contribution in [0.1, 0.15) is 36.5 Å². The van der Waals surface area contributed by atoms with Gasteiger partial charge in [0, 0.05) is 71.0 Å². The van der Waals surface area contributed by atoms with Gasteiger partial charge in [-0.1, -0.05) is 37.6 Å². The summed E-state index contributed by atoms with van der Waals surface area (Å²) in [6.07, 6.45) is -11.2. The fourth-order valence-electron chi connectivity index (χ4n) is 5.45. The van der Waals surface area contributed by atoms with E-state index in [1.165, 1.54) is 18.2 Å². The lowest BCUT2D eigenvalue weighted by Gasteiger charge is -2.59. The van der Waals surface area contributed by atoms with E-state index in [1.807, 2.05) is 4.90 Å². The number of sulfonamides is 1. The largest absolute Gasteiger partial charge is 0.430 e. The molecule has 0 atom stereocenters. The second-order valence-electron chi connectivity index (χ2n) is 10.9. The lowest BCUT2D eigenvalue weighted by atomic mass is 9.74. The number of benzene rings is 2. The molecule has 2 aliphatic heterocycles. The summed E-state index contributed by atoms with van der Waals surface area (Å²) in [6, 6.07) is 2.16. The van der Waals surface area contributed by atoms with Crippen molar-refractivity contribution in [3.8, 4) is 11.1 Å². The third-order valence-electron chi connectivity index (χ3n) is 7.39. The van der Waals surface area contributed by atoms with Gasteiger partial charge in [0.15, 0.2) is 0 Å². The summed E-state index contributed by atoms with van der Waals surface area (Å²) in [5.41, 5.74) is -8.06. The van der Waals surface area contributed by atoms with Crippen molar-refractivity contribution in [1.82, 2.24) is 9.21 Å². The third-order valence-corrected chi connectivity index (χ3v) is 8.90. The number of alkyl halides is 6. The topological polar surface area (TPSA) is 60.9 Å². The zero-order chi connectivity index (χ0) is 30.2. The Labute approximate surface area is 230 Å². The number of likely N-dealkylation sites (tertiary alicyclic amines) is 1. The number of hydrogen-bond donors (Lipinski definition) is 1. The van der Waals surface area contributed by atoms with Gasteiger partial charge in [0.2, 0.25) is 10.0 Å². The number of hydrogen-bond acceptors (Lipinski definition) is 4. The number of rotatable bonds is 6. The van der Waals surface area contributed by atoms with Crippen LogP contribution in [0.2, 0.25) is 5.02 Å². The third kappa shape index (κ3) is 5.10. The lowest BCUT2D eigenvalue weighted by molar-refractivity contribution is -0.376. The van der Waals surface area contributed by atoms with Crippen LogP contribution in [-0.2, 0) is 22.2 Å². The fourth-order valence-corrected chi connectivity index (χ4v) is 6.74. The summed E-state index contributed by atoms with van der Waals surface area (Å²) in [4.78, 5) is 1.82. The molecule has 2 aromatic rings. The van der Waals surface area contributed by atoms with Crippen LogP contribution in [0, 0.1) is 17.0 Å². The van der Waals surface area contributed by atoms with Crippen LogP contribution in [0.3, 0.4) is 0 Å². The maximum atomic E-state index is 15.7. The Morgan fingerprint density at radius 3 is 2.00 bits per heavy atom. The van der Waals surface area contributed by atoms with Gasteiger partial charge in [-0.2, -0.15) is 26.3 Å². The molecule has 0 aromatic heterocycles. The first-order valence-electron chi connectivity index (χ1n) is 12.0. The smallest absolute Gasteiger partial charge is 0.369 e. The fraction of sp³-hybridized carbons (Fsp3) is 0.520. The summed E-state index contributed by atoms with van der Waals surface area (Å²) in [5, 5.41) is 8.92. The Morgan fingerprint density at radius 1 is 1.00 bits per heavy atom. The molecule has 2 aliphatic rings. The SMILES string of the molecule is CC(C)c1c(F)c(CN2CC3(C2)CN(S(C)(=O)=O)C3)cc(F)c1-c1ccc(C(O)(C(F)(F)F)C(F)(F)F)cc1Cl. The maximum absolute atomic E-state index is 15.7. The molecule has 2 fully saturated rings. The van der Waals surface area contributed by atoms with Crippen molar-refractivity contribution in [2.24, 2.45) is 5.41 Å². The summed E-state index contributed by atoms with van der Waals surface area (Å²) < 4.78 is 136. The minimum atomic E-state index is -6.14. The Hall–Kier alpha value is -2.00. The molecule has 1 spiro atoms. The minimum Gasteiger partial charge on any atom is -0.369 e. The van der Waals surface area contributed by atoms with Crippen molar-refractivity contribution < 1.29 is 48.6 Å². The molecule has 2 heterocycles. The average Bonchev–Trinajstić information content (AvgIpc) is 2.73. The molecular formula is C25H25ClF8N2O3S.